The molecule has 0 bridgehead atoms. The van der Waals surface area contributed by atoms with Crippen molar-refractivity contribution >= 4 is 17.0 Å². The lowest BCUT2D eigenvalue weighted by atomic mass is 10.0. The van der Waals surface area contributed by atoms with E-state index in [1.54, 1.807) is 33.9 Å². The second kappa shape index (κ2) is 11.4. The van der Waals surface area contributed by atoms with Gasteiger partial charge in [-0.3, -0.25) is 14.9 Å². The number of benzene rings is 1. The highest BCUT2D eigenvalue weighted by molar-refractivity contribution is 5.81. The number of imidazole rings is 1. The van der Waals surface area contributed by atoms with E-state index in [0.717, 1.165) is 60.6 Å². The molecule has 2 unspecified atom stereocenters. The summed E-state index contributed by atoms with van der Waals surface area (Å²) in [6.45, 7) is 9.58. The smallest absolute Gasteiger partial charge is 0.326 e. The van der Waals surface area contributed by atoms with Gasteiger partial charge in [0, 0.05) is 42.9 Å². The van der Waals surface area contributed by atoms with Crippen LogP contribution < -0.4 is 10.9 Å². The van der Waals surface area contributed by atoms with Crippen molar-refractivity contribution in [2.45, 2.75) is 71.9 Å². The molecule has 0 aliphatic carbocycles. The first-order valence-electron chi connectivity index (χ1n) is 12.6. The first-order chi connectivity index (χ1) is 17.2. The van der Waals surface area contributed by atoms with Gasteiger partial charge in [-0.1, -0.05) is 6.07 Å². The number of hydrogen-bond acceptors (Lipinski definition) is 7. The number of fused-ring (bicyclic) bond motifs is 1. The molecule has 2 aromatic heterocycles. The van der Waals surface area contributed by atoms with Crippen molar-refractivity contribution in [3.8, 4) is 11.4 Å². The molecule has 1 aliphatic rings. The van der Waals surface area contributed by atoms with Crippen molar-refractivity contribution in [3.05, 3.63) is 51.9 Å². The highest BCUT2D eigenvalue weighted by atomic mass is 16.5. The zero-order chi connectivity index (χ0) is 25.8. The van der Waals surface area contributed by atoms with E-state index < -0.39 is 18.1 Å². The van der Waals surface area contributed by atoms with Crippen LogP contribution in [0.25, 0.3) is 22.4 Å². The summed E-state index contributed by atoms with van der Waals surface area (Å²) in [5.74, 6) is 0.706. The Hall–Kier alpha value is -3.01. The van der Waals surface area contributed by atoms with Gasteiger partial charge in [-0.15, -0.1) is 0 Å². The third kappa shape index (κ3) is 6.03. The molecule has 3 heterocycles. The Bertz CT molecular complexity index is 1260. The van der Waals surface area contributed by atoms with Crippen LogP contribution in [-0.2, 0) is 27.4 Å². The standard InChI is InChI=1S/C27H36N4O5/c1-16(2)36-27(34)24(18(4)32)28-12-19-7-8-23-22(11-19)30-25(21-10-17(3)26(33)29-13-21)31(23)14-20-6-5-9-35-15-20/h7-8,10-11,13,16,18,20,24,28,32H,5-6,9,12,14-15H2,1-4H3,(H,29,33)/t18?,20?,24-/m0/s1. The second-order valence-electron chi connectivity index (χ2n) is 9.94. The van der Waals surface area contributed by atoms with Gasteiger partial charge >= 0.3 is 5.97 Å². The Kier molecular flexibility index (Phi) is 8.23. The summed E-state index contributed by atoms with van der Waals surface area (Å²) in [5.41, 5.74) is 4.12. The van der Waals surface area contributed by atoms with E-state index in [4.69, 9.17) is 14.5 Å². The van der Waals surface area contributed by atoms with Gasteiger partial charge in [0.15, 0.2) is 0 Å². The number of aliphatic hydroxyl groups excluding tert-OH is 1. The SMILES string of the molecule is Cc1cc(-c2nc3cc(CN[C@H](C(=O)OC(C)C)C(C)O)ccc3n2CC2CCCOC2)c[nH]c1=O. The van der Waals surface area contributed by atoms with Crippen LogP contribution in [0.4, 0.5) is 0 Å². The predicted molar refractivity (Wildman–Crippen MR) is 138 cm³/mol. The average molecular weight is 497 g/mol. The number of carbonyl (C=O) groups is 1. The molecular formula is C27H36N4O5. The van der Waals surface area contributed by atoms with E-state index >= 15 is 0 Å². The van der Waals surface area contributed by atoms with Crippen LogP contribution in [0.1, 0.15) is 44.7 Å². The minimum absolute atomic E-state index is 0.112. The number of aromatic amines is 1. The Labute approximate surface area is 210 Å². The van der Waals surface area contributed by atoms with Gasteiger partial charge in [0.2, 0.25) is 0 Å². The van der Waals surface area contributed by atoms with Gasteiger partial charge in [0.25, 0.3) is 5.56 Å². The molecule has 3 atom stereocenters. The number of aryl methyl sites for hydroxylation is 1. The van der Waals surface area contributed by atoms with Crippen LogP contribution in [-0.4, -0.2) is 57.1 Å². The van der Waals surface area contributed by atoms with Gasteiger partial charge < -0.3 is 24.1 Å². The maximum Gasteiger partial charge on any atom is 0.326 e. The summed E-state index contributed by atoms with van der Waals surface area (Å²) >= 11 is 0. The van der Waals surface area contributed by atoms with Gasteiger partial charge in [-0.25, -0.2) is 4.98 Å². The molecule has 3 aromatic rings. The van der Waals surface area contributed by atoms with E-state index in [-0.39, 0.29) is 11.7 Å². The fourth-order valence-electron chi connectivity index (χ4n) is 4.61. The van der Waals surface area contributed by atoms with Crippen molar-refractivity contribution < 1.29 is 19.4 Å². The number of aromatic nitrogens is 3. The Morgan fingerprint density at radius 3 is 2.81 bits per heavy atom. The maximum absolute atomic E-state index is 12.4. The van der Waals surface area contributed by atoms with E-state index in [1.165, 1.54) is 0 Å². The molecule has 9 heteroatoms. The largest absolute Gasteiger partial charge is 0.462 e. The summed E-state index contributed by atoms with van der Waals surface area (Å²) in [7, 11) is 0. The number of pyridine rings is 1. The zero-order valence-corrected chi connectivity index (χ0v) is 21.4. The monoisotopic (exact) mass is 496 g/mol. The molecule has 1 saturated heterocycles. The van der Waals surface area contributed by atoms with E-state index in [2.05, 4.69) is 14.9 Å². The first kappa shape index (κ1) is 26.1. The maximum atomic E-state index is 12.4. The number of esters is 1. The molecule has 3 N–H and O–H groups in total. The number of ether oxygens (including phenoxy) is 2. The van der Waals surface area contributed by atoms with Gasteiger partial charge in [-0.05, 0) is 64.3 Å². The van der Waals surface area contributed by atoms with Crippen LogP contribution in [0.5, 0.6) is 0 Å². The summed E-state index contributed by atoms with van der Waals surface area (Å²) in [6, 6.07) is 7.07. The lowest BCUT2D eigenvalue weighted by molar-refractivity contribution is -0.152. The molecule has 0 spiro atoms. The summed E-state index contributed by atoms with van der Waals surface area (Å²) in [6.07, 6.45) is 2.70. The van der Waals surface area contributed by atoms with Crippen molar-refractivity contribution in [2.75, 3.05) is 13.2 Å². The quantitative estimate of drug-likeness (QED) is 0.390. The van der Waals surface area contributed by atoms with Gasteiger partial charge in [-0.2, -0.15) is 0 Å². The topological polar surface area (TPSA) is 118 Å². The van der Waals surface area contributed by atoms with Crippen LogP contribution >= 0.6 is 0 Å². The Balaban J connectivity index is 1.64. The molecule has 1 aliphatic heterocycles. The minimum Gasteiger partial charge on any atom is -0.462 e. The van der Waals surface area contributed by atoms with Crippen molar-refractivity contribution in [1.82, 2.24) is 19.9 Å². The number of nitrogens with zero attached hydrogens (tertiary/aromatic N) is 2. The molecular weight excluding hydrogens is 460 g/mol. The highest BCUT2D eigenvalue weighted by Gasteiger charge is 2.26. The molecule has 194 valence electrons. The molecule has 9 nitrogen and oxygen atoms in total. The molecule has 0 amide bonds. The number of hydrogen-bond donors (Lipinski definition) is 3. The number of nitrogens with one attached hydrogen (secondary N) is 2. The molecule has 0 saturated carbocycles. The van der Waals surface area contributed by atoms with E-state index in [9.17, 15) is 14.7 Å². The molecule has 36 heavy (non-hydrogen) atoms. The summed E-state index contributed by atoms with van der Waals surface area (Å²) in [4.78, 5) is 32.1. The highest BCUT2D eigenvalue weighted by Crippen LogP contribution is 2.28. The average Bonchev–Trinajstić information content (AvgIpc) is 3.18. The lowest BCUT2D eigenvalue weighted by Crippen LogP contribution is -2.46. The molecule has 1 fully saturated rings. The van der Waals surface area contributed by atoms with Crippen LogP contribution in [0.15, 0.2) is 35.3 Å². The Morgan fingerprint density at radius 1 is 1.33 bits per heavy atom. The molecule has 0 radical (unpaired) electrons. The third-order valence-electron chi connectivity index (χ3n) is 6.47. The second-order valence-corrected chi connectivity index (χ2v) is 9.94. The fourth-order valence-corrected chi connectivity index (χ4v) is 4.61. The van der Waals surface area contributed by atoms with Crippen LogP contribution in [0.3, 0.4) is 0 Å². The normalized spacial score (nSPS) is 17.9. The minimum atomic E-state index is -0.896. The number of H-pyrrole nitrogens is 1. The molecule has 4 rings (SSSR count). The predicted octanol–water partition coefficient (Wildman–Crippen LogP) is 2.92. The number of carbonyl (C=O) groups excluding carboxylic acids is 1. The van der Waals surface area contributed by atoms with Crippen molar-refractivity contribution in [2.24, 2.45) is 5.92 Å². The number of aliphatic hydroxyl groups is 1. The third-order valence-corrected chi connectivity index (χ3v) is 6.47. The first-order valence-corrected chi connectivity index (χ1v) is 12.6. The molecule has 1 aromatic carbocycles. The fraction of sp³-hybridized carbons (Fsp3) is 0.519. The van der Waals surface area contributed by atoms with Crippen molar-refractivity contribution in [3.63, 3.8) is 0 Å². The van der Waals surface area contributed by atoms with E-state index in [1.807, 2.05) is 24.3 Å². The van der Waals surface area contributed by atoms with Crippen molar-refractivity contribution in [1.29, 1.82) is 0 Å². The summed E-state index contributed by atoms with van der Waals surface area (Å²) < 4.78 is 13.2. The summed E-state index contributed by atoms with van der Waals surface area (Å²) in [5, 5.41) is 13.2. The lowest BCUT2D eigenvalue weighted by Gasteiger charge is -2.23. The van der Waals surface area contributed by atoms with Crippen LogP contribution in [0, 0.1) is 12.8 Å². The Morgan fingerprint density at radius 2 is 2.14 bits per heavy atom. The van der Waals surface area contributed by atoms with Gasteiger partial charge in [0.05, 0.1) is 29.8 Å². The van der Waals surface area contributed by atoms with Crippen LogP contribution in [0.2, 0.25) is 0 Å². The zero-order valence-electron chi connectivity index (χ0n) is 21.4. The number of rotatable bonds is 9. The van der Waals surface area contributed by atoms with Gasteiger partial charge in [0.1, 0.15) is 11.9 Å². The van der Waals surface area contributed by atoms with E-state index in [0.29, 0.717) is 18.0 Å².